The van der Waals surface area contributed by atoms with Crippen LogP contribution in [0.3, 0.4) is 0 Å². The fraction of sp³-hybridized carbons (Fsp3) is 0.938. The van der Waals surface area contributed by atoms with E-state index in [0.717, 1.165) is 32.6 Å². The molecule has 122 valence electrons. The van der Waals surface area contributed by atoms with E-state index in [1.807, 2.05) is 11.8 Å². The van der Waals surface area contributed by atoms with Crippen LogP contribution in [0.4, 0.5) is 0 Å². The Morgan fingerprint density at radius 2 is 2.10 bits per heavy atom. The van der Waals surface area contributed by atoms with Gasteiger partial charge >= 0.3 is 0 Å². The van der Waals surface area contributed by atoms with E-state index in [9.17, 15) is 4.79 Å². The highest BCUT2D eigenvalue weighted by molar-refractivity contribution is 7.99. The molecule has 2 atom stereocenters. The van der Waals surface area contributed by atoms with Gasteiger partial charge in [-0.15, -0.1) is 12.4 Å². The monoisotopic (exact) mass is 332 g/mol. The van der Waals surface area contributed by atoms with Gasteiger partial charge in [-0.1, -0.05) is 13.3 Å². The average molecular weight is 333 g/mol. The maximum absolute atomic E-state index is 12.8. The number of amides is 1. The Bertz CT molecular complexity index is 360. The molecule has 0 aromatic rings. The van der Waals surface area contributed by atoms with Crippen molar-refractivity contribution in [2.45, 2.75) is 50.7 Å². The van der Waals surface area contributed by atoms with Crippen molar-refractivity contribution in [3.05, 3.63) is 0 Å². The standard InChI is InChI=1S/C16H28N2OS.ClH/c1-2-20-13-5-3-4-10-18(12-13)15(19)14-11-16(14)6-8-17-9-7-16;/h13-14,17H,2-12H2,1H3;1H. The Morgan fingerprint density at radius 1 is 1.33 bits per heavy atom. The van der Waals surface area contributed by atoms with Crippen LogP contribution in [0.25, 0.3) is 0 Å². The first kappa shape index (κ1) is 17.4. The van der Waals surface area contributed by atoms with Crippen molar-refractivity contribution in [3.63, 3.8) is 0 Å². The number of nitrogens with one attached hydrogen (secondary N) is 1. The molecule has 1 saturated carbocycles. The first-order valence-corrected chi connectivity index (χ1v) is 9.41. The molecule has 3 nitrogen and oxygen atoms in total. The van der Waals surface area contributed by atoms with E-state index in [0.29, 0.717) is 22.5 Å². The van der Waals surface area contributed by atoms with Crippen molar-refractivity contribution in [3.8, 4) is 0 Å². The molecule has 0 aromatic heterocycles. The highest BCUT2D eigenvalue weighted by Crippen LogP contribution is 2.59. The van der Waals surface area contributed by atoms with Crippen LogP contribution in [0.5, 0.6) is 0 Å². The lowest BCUT2D eigenvalue weighted by molar-refractivity contribution is -0.133. The lowest BCUT2D eigenvalue weighted by Gasteiger charge is -2.27. The van der Waals surface area contributed by atoms with Crippen molar-refractivity contribution in [1.29, 1.82) is 0 Å². The largest absolute Gasteiger partial charge is 0.341 e. The van der Waals surface area contributed by atoms with Crippen molar-refractivity contribution in [1.82, 2.24) is 10.2 Å². The van der Waals surface area contributed by atoms with Gasteiger partial charge < -0.3 is 10.2 Å². The summed E-state index contributed by atoms with van der Waals surface area (Å²) in [5.74, 6) is 2.01. The third-order valence-corrected chi connectivity index (χ3v) is 6.62. The van der Waals surface area contributed by atoms with E-state index in [4.69, 9.17) is 0 Å². The van der Waals surface area contributed by atoms with Gasteiger partial charge in [0.2, 0.25) is 5.91 Å². The van der Waals surface area contributed by atoms with Gasteiger partial charge in [-0.2, -0.15) is 11.8 Å². The van der Waals surface area contributed by atoms with E-state index in [1.54, 1.807) is 0 Å². The first-order valence-electron chi connectivity index (χ1n) is 8.36. The molecule has 1 amide bonds. The fourth-order valence-corrected chi connectivity index (χ4v) is 5.16. The Hall–Kier alpha value is 0.0700. The fourth-order valence-electron chi connectivity index (χ4n) is 4.07. The number of carbonyl (C=O) groups is 1. The molecule has 2 heterocycles. The van der Waals surface area contributed by atoms with Gasteiger partial charge in [0, 0.05) is 24.3 Å². The molecule has 2 aliphatic heterocycles. The Morgan fingerprint density at radius 3 is 2.81 bits per heavy atom. The summed E-state index contributed by atoms with van der Waals surface area (Å²) in [6, 6.07) is 0. The van der Waals surface area contributed by atoms with E-state index in [-0.39, 0.29) is 12.4 Å². The lowest BCUT2D eigenvalue weighted by Crippen LogP contribution is -2.39. The predicted molar refractivity (Wildman–Crippen MR) is 92.2 cm³/mol. The second-order valence-corrected chi connectivity index (χ2v) is 8.30. The summed E-state index contributed by atoms with van der Waals surface area (Å²) in [5.41, 5.74) is 0.391. The minimum Gasteiger partial charge on any atom is -0.341 e. The molecule has 3 aliphatic rings. The molecule has 2 unspecified atom stereocenters. The van der Waals surface area contributed by atoms with Crippen molar-refractivity contribution >= 4 is 30.1 Å². The Labute approximate surface area is 139 Å². The summed E-state index contributed by atoms with van der Waals surface area (Å²) in [6.45, 7) is 6.45. The summed E-state index contributed by atoms with van der Waals surface area (Å²) in [7, 11) is 0. The zero-order valence-electron chi connectivity index (χ0n) is 13.1. The number of hydrogen-bond donors (Lipinski definition) is 1. The van der Waals surface area contributed by atoms with Gasteiger partial charge in [0.25, 0.3) is 0 Å². The molecule has 1 N–H and O–H groups in total. The molecule has 1 spiro atoms. The third kappa shape index (κ3) is 3.89. The molecule has 5 heteroatoms. The predicted octanol–water partition coefficient (Wildman–Crippen LogP) is 2.93. The number of rotatable bonds is 3. The number of piperidine rings is 1. The number of nitrogens with zero attached hydrogens (tertiary/aromatic N) is 1. The van der Waals surface area contributed by atoms with Crippen LogP contribution in [0.2, 0.25) is 0 Å². The second-order valence-electron chi connectivity index (χ2n) is 6.73. The Kier molecular flexibility index (Phi) is 6.27. The van der Waals surface area contributed by atoms with Gasteiger partial charge in [-0.25, -0.2) is 0 Å². The summed E-state index contributed by atoms with van der Waals surface area (Å²) >= 11 is 2.04. The van der Waals surface area contributed by atoms with Crippen LogP contribution in [0.1, 0.15) is 45.4 Å². The number of halogens is 1. The van der Waals surface area contributed by atoms with Crippen LogP contribution in [-0.4, -0.2) is 48.0 Å². The highest BCUT2D eigenvalue weighted by atomic mass is 35.5. The van der Waals surface area contributed by atoms with Crippen LogP contribution < -0.4 is 5.32 Å². The molecule has 2 saturated heterocycles. The van der Waals surface area contributed by atoms with E-state index in [2.05, 4.69) is 17.1 Å². The average Bonchev–Trinajstić information content (AvgIpc) is 3.19. The summed E-state index contributed by atoms with van der Waals surface area (Å²) in [4.78, 5) is 15.0. The molecule has 3 fully saturated rings. The quantitative estimate of drug-likeness (QED) is 0.862. The SMILES string of the molecule is CCSC1CCCCN(C(=O)C2CC23CCNCC3)C1.Cl. The number of carbonyl (C=O) groups excluding carboxylic acids is 1. The van der Waals surface area contributed by atoms with E-state index in [1.165, 1.54) is 37.9 Å². The highest BCUT2D eigenvalue weighted by Gasteiger charge is 2.58. The zero-order valence-corrected chi connectivity index (χ0v) is 14.7. The van der Waals surface area contributed by atoms with Crippen LogP contribution in [0.15, 0.2) is 0 Å². The minimum atomic E-state index is 0. The van der Waals surface area contributed by atoms with Gasteiger partial charge in [0.15, 0.2) is 0 Å². The molecular formula is C16H29ClN2OS. The molecule has 1 aliphatic carbocycles. The molecule has 3 rings (SSSR count). The van der Waals surface area contributed by atoms with Crippen LogP contribution in [-0.2, 0) is 4.79 Å². The molecule has 0 aromatic carbocycles. The lowest BCUT2D eigenvalue weighted by atomic mass is 9.91. The van der Waals surface area contributed by atoms with Gasteiger partial charge in [0.05, 0.1) is 0 Å². The number of hydrogen-bond acceptors (Lipinski definition) is 3. The normalized spacial score (nSPS) is 31.4. The molecule has 0 bridgehead atoms. The van der Waals surface area contributed by atoms with Crippen molar-refractivity contribution < 1.29 is 4.79 Å². The summed E-state index contributed by atoms with van der Waals surface area (Å²) in [6.07, 6.45) is 7.38. The smallest absolute Gasteiger partial charge is 0.226 e. The summed E-state index contributed by atoms with van der Waals surface area (Å²) in [5, 5.41) is 4.10. The van der Waals surface area contributed by atoms with Crippen LogP contribution in [0, 0.1) is 11.3 Å². The maximum Gasteiger partial charge on any atom is 0.226 e. The number of likely N-dealkylation sites (tertiary alicyclic amines) is 1. The minimum absolute atomic E-state index is 0. The van der Waals surface area contributed by atoms with E-state index >= 15 is 0 Å². The zero-order chi connectivity index (χ0) is 14.0. The molecular weight excluding hydrogens is 304 g/mol. The second kappa shape index (κ2) is 7.56. The topological polar surface area (TPSA) is 32.3 Å². The Balaban J connectivity index is 0.00000161. The van der Waals surface area contributed by atoms with Gasteiger partial charge in [0.1, 0.15) is 0 Å². The van der Waals surface area contributed by atoms with Crippen molar-refractivity contribution in [2.75, 3.05) is 31.9 Å². The summed E-state index contributed by atoms with van der Waals surface area (Å²) < 4.78 is 0. The van der Waals surface area contributed by atoms with Crippen LogP contribution >= 0.6 is 24.2 Å². The van der Waals surface area contributed by atoms with E-state index < -0.39 is 0 Å². The third-order valence-electron chi connectivity index (χ3n) is 5.43. The maximum atomic E-state index is 12.8. The molecule has 21 heavy (non-hydrogen) atoms. The van der Waals surface area contributed by atoms with Gasteiger partial charge in [-0.3, -0.25) is 4.79 Å². The number of thioether (sulfide) groups is 1. The van der Waals surface area contributed by atoms with Gasteiger partial charge in [-0.05, 0) is 56.4 Å². The van der Waals surface area contributed by atoms with Crippen molar-refractivity contribution in [2.24, 2.45) is 11.3 Å². The molecule has 0 radical (unpaired) electrons. The first-order chi connectivity index (χ1) is 9.75.